The Labute approximate surface area is 125 Å². The highest BCUT2D eigenvalue weighted by molar-refractivity contribution is 5.43. The number of nitrogens with one attached hydrogen (secondary N) is 1. The van der Waals surface area contributed by atoms with Crippen LogP contribution in [0.15, 0.2) is 24.4 Å². The summed E-state index contributed by atoms with van der Waals surface area (Å²) in [5.41, 5.74) is 4.60. The van der Waals surface area contributed by atoms with Gasteiger partial charge in [0.25, 0.3) is 0 Å². The highest BCUT2D eigenvalue weighted by Gasteiger charge is 2.34. The molecule has 0 radical (unpaired) electrons. The molecule has 112 valence electrons. The molecule has 0 bridgehead atoms. The van der Waals surface area contributed by atoms with Gasteiger partial charge in [-0.3, -0.25) is 0 Å². The molecule has 1 aliphatic rings. The van der Waals surface area contributed by atoms with Gasteiger partial charge in [0.05, 0.1) is 11.9 Å². The van der Waals surface area contributed by atoms with E-state index in [1.165, 1.54) is 17.3 Å². The fourth-order valence-corrected chi connectivity index (χ4v) is 3.36. The van der Waals surface area contributed by atoms with Gasteiger partial charge in [0.2, 0.25) is 0 Å². The molecule has 1 N–H and O–H groups in total. The summed E-state index contributed by atoms with van der Waals surface area (Å²) in [5, 5.41) is 7.97. The van der Waals surface area contributed by atoms with Crippen molar-refractivity contribution in [2.24, 2.45) is 5.41 Å². The molecule has 0 spiro atoms. The van der Waals surface area contributed by atoms with Crippen LogP contribution in [0.25, 0.3) is 5.69 Å². The molecule has 1 heterocycles. The van der Waals surface area contributed by atoms with Crippen LogP contribution in [-0.4, -0.2) is 16.8 Å². The van der Waals surface area contributed by atoms with Crippen LogP contribution in [0.2, 0.25) is 0 Å². The highest BCUT2D eigenvalue weighted by atomic mass is 19.1. The quantitative estimate of drug-likeness (QED) is 0.915. The zero-order valence-corrected chi connectivity index (χ0v) is 13.1. The summed E-state index contributed by atoms with van der Waals surface area (Å²) >= 11 is 0. The standard InChI is InChI=1S/C17H22FN3/c1-11-7-12(18)5-6-15(11)21-16-9-17(2,3)8-14(19-4)13(16)10-20-21/h5-7,10,14,19H,8-9H2,1-4H3. The van der Waals surface area contributed by atoms with E-state index >= 15 is 0 Å². The Bertz CT molecular complexity index is 673. The van der Waals surface area contributed by atoms with Gasteiger partial charge in [-0.15, -0.1) is 0 Å². The number of hydrogen-bond acceptors (Lipinski definition) is 2. The molecular formula is C17H22FN3. The van der Waals surface area contributed by atoms with Gasteiger partial charge in [-0.25, -0.2) is 9.07 Å². The minimum absolute atomic E-state index is 0.203. The van der Waals surface area contributed by atoms with Gasteiger partial charge in [-0.1, -0.05) is 13.8 Å². The minimum atomic E-state index is -0.203. The maximum Gasteiger partial charge on any atom is 0.123 e. The van der Waals surface area contributed by atoms with E-state index in [0.29, 0.717) is 6.04 Å². The van der Waals surface area contributed by atoms with Gasteiger partial charge in [0, 0.05) is 17.3 Å². The molecule has 1 unspecified atom stereocenters. The zero-order valence-electron chi connectivity index (χ0n) is 13.1. The van der Waals surface area contributed by atoms with Gasteiger partial charge in [-0.2, -0.15) is 5.10 Å². The lowest BCUT2D eigenvalue weighted by molar-refractivity contribution is 0.260. The number of hydrogen-bond donors (Lipinski definition) is 1. The van der Waals surface area contributed by atoms with Gasteiger partial charge < -0.3 is 5.32 Å². The first-order valence-corrected chi connectivity index (χ1v) is 7.42. The molecule has 1 atom stereocenters. The van der Waals surface area contributed by atoms with Crippen LogP contribution in [0.1, 0.15) is 43.1 Å². The van der Waals surface area contributed by atoms with Gasteiger partial charge >= 0.3 is 0 Å². The van der Waals surface area contributed by atoms with Crippen LogP contribution >= 0.6 is 0 Å². The molecule has 0 fully saturated rings. The summed E-state index contributed by atoms with van der Waals surface area (Å²) in [4.78, 5) is 0. The van der Waals surface area contributed by atoms with Crippen LogP contribution in [-0.2, 0) is 6.42 Å². The zero-order chi connectivity index (χ0) is 15.2. The molecule has 0 amide bonds. The third-order valence-corrected chi connectivity index (χ3v) is 4.41. The Kier molecular flexibility index (Phi) is 3.36. The Morgan fingerprint density at radius 2 is 2.14 bits per heavy atom. The summed E-state index contributed by atoms with van der Waals surface area (Å²) in [6.45, 7) is 6.50. The first-order valence-electron chi connectivity index (χ1n) is 7.42. The van der Waals surface area contributed by atoms with Crippen LogP contribution in [0.5, 0.6) is 0 Å². The monoisotopic (exact) mass is 287 g/mol. The van der Waals surface area contributed by atoms with Crippen LogP contribution in [0, 0.1) is 18.2 Å². The molecule has 4 heteroatoms. The van der Waals surface area contributed by atoms with Crippen LogP contribution in [0.3, 0.4) is 0 Å². The first-order chi connectivity index (χ1) is 9.91. The number of aryl methyl sites for hydroxylation is 1. The van der Waals surface area contributed by atoms with Crippen molar-refractivity contribution in [1.29, 1.82) is 0 Å². The van der Waals surface area contributed by atoms with Gasteiger partial charge in [0.1, 0.15) is 5.82 Å². The predicted molar refractivity (Wildman–Crippen MR) is 82.2 cm³/mol. The molecule has 1 aliphatic carbocycles. The van der Waals surface area contributed by atoms with Gasteiger partial charge in [0.15, 0.2) is 0 Å². The van der Waals surface area contributed by atoms with Crippen molar-refractivity contribution >= 4 is 0 Å². The Hall–Kier alpha value is -1.68. The van der Waals surface area contributed by atoms with Crippen molar-refractivity contribution in [1.82, 2.24) is 15.1 Å². The molecule has 0 saturated heterocycles. The van der Waals surface area contributed by atoms with Crippen LogP contribution in [0.4, 0.5) is 4.39 Å². The number of rotatable bonds is 2. The summed E-state index contributed by atoms with van der Waals surface area (Å²) in [5.74, 6) is -0.203. The van der Waals surface area contributed by atoms with Crippen molar-refractivity contribution < 1.29 is 4.39 Å². The van der Waals surface area contributed by atoms with Crippen molar-refractivity contribution in [3.8, 4) is 5.69 Å². The molecule has 0 saturated carbocycles. The fourth-order valence-electron chi connectivity index (χ4n) is 3.36. The lowest BCUT2D eigenvalue weighted by atomic mass is 9.74. The lowest BCUT2D eigenvalue weighted by Gasteiger charge is -2.35. The normalized spacial score (nSPS) is 20.3. The Balaban J connectivity index is 2.12. The van der Waals surface area contributed by atoms with Crippen molar-refractivity contribution in [2.45, 2.75) is 39.7 Å². The van der Waals surface area contributed by atoms with Crippen molar-refractivity contribution in [3.63, 3.8) is 0 Å². The number of nitrogens with zero attached hydrogens (tertiary/aromatic N) is 2. The Morgan fingerprint density at radius 1 is 1.38 bits per heavy atom. The van der Waals surface area contributed by atoms with Crippen molar-refractivity contribution in [3.05, 3.63) is 47.0 Å². The molecule has 1 aromatic heterocycles. The lowest BCUT2D eigenvalue weighted by Crippen LogP contribution is -2.32. The fraction of sp³-hybridized carbons (Fsp3) is 0.471. The van der Waals surface area contributed by atoms with E-state index in [1.54, 1.807) is 6.07 Å². The second-order valence-electron chi connectivity index (χ2n) is 6.78. The molecule has 21 heavy (non-hydrogen) atoms. The largest absolute Gasteiger partial charge is 0.313 e. The van der Waals surface area contributed by atoms with E-state index in [4.69, 9.17) is 0 Å². The maximum absolute atomic E-state index is 13.3. The second-order valence-corrected chi connectivity index (χ2v) is 6.78. The maximum atomic E-state index is 13.3. The third kappa shape index (κ3) is 2.48. The molecular weight excluding hydrogens is 265 g/mol. The van der Waals surface area contributed by atoms with Crippen molar-refractivity contribution in [2.75, 3.05) is 7.05 Å². The second kappa shape index (κ2) is 4.95. The summed E-state index contributed by atoms with van der Waals surface area (Å²) in [6.07, 6.45) is 4.04. The average Bonchev–Trinajstić information content (AvgIpc) is 2.80. The molecule has 1 aromatic carbocycles. The number of fused-ring (bicyclic) bond motifs is 1. The summed E-state index contributed by atoms with van der Waals surface area (Å²) in [6, 6.07) is 5.21. The number of aromatic nitrogens is 2. The number of benzene rings is 1. The summed E-state index contributed by atoms with van der Waals surface area (Å²) < 4.78 is 15.3. The topological polar surface area (TPSA) is 29.9 Å². The van der Waals surface area contributed by atoms with Crippen LogP contribution < -0.4 is 5.32 Å². The molecule has 3 rings (SSSR count). The van der Waals surface area contributed by atoms with E-state index in [2.05, 4.69) is 24.3 Å². The molecule has 2 aromatic rings. The third-order valence-electron chi connectivity index (χ3n) is 4.41. The summed E-state index contributed by atoms with van der Waals surface area (Å²) in [7, 11) is 2.00. The first kappa shape index (κ1) is 14.3. The highest BCUT2D eigenvalue weighted by Crippen LogP contribution is 2.41. The van der Waals surface area contributed by atoms with E-state index < -0.39 is 0 Å². The van der Waals surface area contributed by atoms with E-state index in [0.717, 1.165) is 24.1 Å². The minimum Gasteiger partial charge on any atom is -0.313 e. The van der Waals surface area contributed by atoms with E-state index in [-0.39, 0.29) is 11.2 Å². The average molecular weight is 287 g/mol. The Morgan fingerprint density at radius 3 is 2.81 bits per heavy atom. The van der Waals surface area contributed by atoms with E-state index in [9.17, 15) is 4.39 Å². The smallest absolute Gasteiger partial charge is 0.123 e. The van der Waals surface area contributed by atoms with E-state index in [1.807, 2.05) is 30.9 Å². The van der Waals surface area contributed by atoms with Gasteiger partial charge in [-0.05, 0) is 56.0 Å². The predicted octanol–water partition coefficient (Wildman–Crippen LogP) is 3.55. The number of halogens is 1. The SMILES string of the molecule is CNC1CC(C)(C)Cc2c1cnn2-c1ccc(F)cc1C. The molecule has 0 aliphatic heterocycles. The molecule has 3 nitrogen and oxygen atoms in total.